The predicted molar refractivity (Wildman–Crippen MR) is 82.8 cm³/mol. The van der Waals surface area contributed by atoms with E-state index in [0.717, 1.165) is 5.56 Å². The lowest BCUT2D eigenvalue weighted by molar-refractivity contribution is 0.263. The SMILES string of the molecule is CCOc1ccccc1CN1C(=O)S(=O)(=O)c2ccccc21. The van der Waals surface area contributed by atoms with Gasteiger partial charge in [0.15, 0.2) is 0 Å². The van der Waals surface area contributed by atoms with E-state index in [1.807, 2.05) is 25.1 Å². The molecule has 0 bridgehead atoms. The minimum Gasteiger partial charge on any atom is -0.494 e. The molecule has 0 aromatic heterocycles. The summed E-state index contributed by atoms with van der Waals surface area (Å²) in [6.07, 6.45) is 0. The zero-order valence-electron chi connectivity index (χ0n) is 12.0. The topological polar surface area (TPSA) is 63.7 Å². The average Bonchev–Trinajstić information content (AvgIpc) is 2.71. The minimum atomic E-state index is -3.93. The van der Waals surface area contributed by atoms with Crippen molar-refractivity contribution in [1.29, 1.82) is 0 Å². The Hall–Kier alpha value is -2.34. The van der Waals surface area contributed by atoms with Crippen LogP contribution in [0.4, 0.5) is 10.5 Å². The number of hydrogen-bond acceptors (Lipinski definition) is 4. The monoisotopic (exact) mass is 317 g/mol. The molecule has 0 spiro atoms. The van der Waals surface area contributed by atoms with Gasteiger partial charge in [-0.2, -0.15) is 0 Å². The number of carbonyl (C=O) groups excluding carboxylic acids is 1. The first-order valence-electron chi connectivity index (χ1n) is 6.92. The number of fused-ring (bicyclic) bond motifs is 1. The van der Waals surface area contributed by atoms with Crippen LogP contribution in [-0.4, -0.2) is 20.3 Å². The van der Waals surface area contributed by atoms with Gasteiger partial charge in [-0.3, -0.25) is 9.69 Å². The lowest BCUT2D eigenvalue weighted by atomic mass is 10.2. The highest BCUT2D eigenvalue weighted by atomic mass is 32.2. The van der Waals surface area contributed by atoms with Crippen molar-refractivity contribution < 1.29 is 17.9 Å². The Morgan fingerprint density at radius 3 is 2.50 bits per heavy atom. The van der Waals surface area contributed by atoms with Crippen LogP contribution in [0, 0.1) is 0 Å². The van der Waals surface area contributed by atoms with Gasteiger partial charge in [0.2, 0.25) is 0 Å². The van der Waals surface area contributed by atoms with E-state index in [4.69, 9.17) is 4.74 Å². The molecule has 0 aliphatic carbocycles. The molecule has 0 unspecified atom stereocenters. The third-order valence-electron chi connectivity index (χ3n) is 3.50. The summed E-state index contributed by atoms with van der Waals surface area (Å²) in [7, 11) is -3.93. The molecule has 1 aliphatic heterocycles. The van der Waals surface area contributed by atoms with E-state index in [1.165, 1.54) is 11.0 Å². The first-order valence-corrected chi connectivity index (χ1v) is 8.40. The van der Waals surface area contributed by atoms with Crippen LogP contribution in [0.2, 0.25) is 0 Å². The lowest BCUT2D eigenvalue weighted by Gasteiger charge is -2.18. The fourth-order valence-corrected chi connectivity index (χ4v) is 3.85. The van der Waals surface area contributed by atoms with Gasteiger partial charge in [-0.25, -0.2) is 8.42 Å². The van der Waals surface area contributed by atoms with E-state index in [1.54, 1.807) is 24.3 Å². The Morgan fingerprint density at radius 1 is 1.05 bits per heavy atom. The number of anilines is 1. The van der Waals surface area contributed by atoms with Crippen molar-refractivity contribution in [3.63, 3.8) is 0 Å². The van der Waals surface area contributed by atoms with Crippen LogP contribution in [0.1, 0.15) is 12.5 Å². The van der Waals surface area contributed by atoms with Crippen molar-refractivity contribution in [1.82, 2.24) is 0 Å². The van der Waals surface area contributed by atoms with Gasteiger partial charge in [0.05, 0.1) is 18.8 Å². The summed E-state index contributed by atoms with van der Waals surface area (Å²) in [5, 5.41) is -0.889. The van der Waals surface area contributed by atoms with Gasteiger partial charge in [0.1, 0.15) is 10.6 Å². The van der Waals surface area contributed by atoms with Crippen molar-refractivity contribution >= 4 is 20.8 Å². The zero-order chi connectivity index (χ0) is 15.7. The molecule has 22 heavy (non-hydrogen) atoms. The summed E-state index contributed by atoms with van der Waals surface area (Å²) >= 11 is 0. The number of nitrogens with zero attached hydrogens (tertiary/aromatic N) is 1. The van der Waals surface area contributed by atoms with Gasteiger partial charge < -0.3 is 4.74 Å². The van der Waals surface area contributed by atoms with Crippen molar-refractivity contribution in [2.45, 2.75) is 18.4 Å². The van der Waals surface area contributed by atoms with E-state index in [9.17, 15) is 13.2 Å². The molecular weight excluding hydrogens is 302 g/mol. The minimum absolute atomic E-state index is 0.0638. The zero-order valence-corrected chi connectivity index (χ0v) is 12.8. The van der Waals surface area contributed by atoms with Crippen LogP contribution in [0.5, 0.6) is 5.75 Å². The Bertz CT molecular complexity index is 830. The van der Waals surface area contributed by atoms with E-state index >= 15 is 0 Å². The van der Waals surface area contributed by atoms with Crippen molar-refractivity contribution in [3.05, 3.63) is 54.1 Å². The van der Waals surface area contributed by atoms with Gasteiger partial charge >= 0.3 is 5.24 Å². The fraction of sp³-hybridized carbons (Fsp3) is 0.188. The van der Waals surface area contributed by atoms with Gasteiger partial charge in [-0.05, 0) is 25.1 Å². The standard InChI is InChI=1S/C16H15NO4S/c1-2-21-14-9-5-3-7-12(14)11-17-13-8-4-6-10-15(13)22(19,20)16(17)18/h3-10H,2,11H2,1H3. The first-order chi connectivity index (χ1) is 10.6. The number of hydrogen-bond donors (Lipinski definition) is 0. The second kappa shape index (κ2) is 5.46. The van der Waals surface area contributed by atoms with Crippen LogP contribution in [0.3, 0.4) is 0 Å². The Balaban J connectivity index is 2.02. The lowest BCUT2D eigenvalue weighted by Crippen LogP contribution is -2.28. The van der Waals surface area contributed by atoms with E-state index in [-0.39, 0.29) is 11.4 Å². The summed E-state index contributed by atoms with van der Waals surface area (Å²) in [6, 6.07) is 13.7. The van der Waals surface area contributed by atoms with Crippen LogP contribution >= 0.6 is 0 Å². The number of carbonyl (C=O) groups is 1. The first kappa shape index (κ1) is 14.6. The Kier molecular flexibility index (Phi) is 3.62. The maximum Gasteiger partial charge on any atom is 0.348 e. The highest BCUT2D eigenvalue weighted by Crippen LogP contribution is 2.37. The number of amides is 1. The number of rotatable bonds is 4. The molecular formula is C16H15NO4S. The second-order valence-electron chi connectivity index (χ2n) is 4.86. The molecule has 2 aromatic carbocycles. The Labute approximate surface area is 129 Å². The van der Waals surface area contributed by atoms with Crippen molar-refractivity contribution in [2.24, 2.45) is 0 Å². The molecule has 3 rings (SSSR count). The molecule has 0 radical (unpaired) electrons. The normalized spacial score (nSPS) is 15.7. The highest BCUT2D eigenvalue weighted by Gasteiger charge is 2.41. The largest absolute Gasteiger partial charge is 0.494 e. The van der Waals surface area contributed by atoms with Gasteiger partial charge in [-0.1, -0.05) is 30.3 Å². The van der Waals surface area contributed by atoms with Crippen molar-refractivity contribution in [2.75, 3.05) is 11.5 Å². The summed E-state index contributed by atoms with van der Waals surface area (Å²) in [6.45, 7) is 2.53. The molecule has 6 heteroatoms. The molecule has 0 N–H and O–H groups in total. The van der Waals surface area contributed by atoms with E-state index < -0.39 is 15.1 Å². The molecule has 1 amide bonds. The highest BCUT2D eigenvalue weighted by molar-refractivity contribution is 8.07. The molecule has 5 nitrogen and oxygen atoms in total. The molecule has 2 aromatic rings. The molecule has 0 saturated heterocycles. The number of benzene rings is 2. The molecule has 1 aliphatic rings. The number of sulfone groups is 1. The molecule has 0 saturated carbocycles. The Morgan fingerprint density at radius 2 is 1.73 bits per heavy atom. The summed E-state index contributed by atoms with van der Waals surface area (Å²) < 4.78 is 29.9. The maximum absolute atomic E-state index is 12.3. The third kappa shape index (κ3) is 2.25. The quantitative estimate of drug-likeness (QED) is 0.869. The number of para-hydroxylation sites is 2. The summed E-state index contributed by atoms with van der Waals surface area (Å²) in [5.41, 5.74) is 1.18. The second-order valence-corrected chi connectivity index (χ2v) is 6.66. The van der Waals surface area contributed by atoms with Crippen LogP contribution in [0.25, 0.3) is 0 Å². The van der Waals surface area contributed by atoms with Crippen LogP contribution in [-0.2, 0) is 16.4 Å². The van der Waals surface area contributed by atoms with E-state index in [2.05, 4.69) is 0 Å². The smallest absolute Gasteiger partial charge is 0.348 e. The number of ether oxygens (including phenoxy) is 1. The fourth-order valence-electron chi connectivity index (χ4n) is 2.50. The van der Waals surface area contributed by atoms with E-state index in [0.29, 0.717) is 18.0 Å². The molecule has 0 atom stereocenters. The average molecular weight is 317 g/mol. The third-order valence-corrected chi connectivity index (χ3v) is 5.10. The predicted octanol–water partition coefficient (Wildman–Crippen LogP) is 3.00. The molecule has 1 heterocycles. The van der Waals surface area contributed by atoms with Crippen molar-refractivity contribution in [3.8, 4) is 5.75 Å². The van der Waals surface area contributed by atoms with Crippen LogP contribution < -0.4 is 9.64 Å². The summed E-state index contributed by atoms with van der Waals surface area (Å²) in [4.78, 5) is 13.6. The maximum atomic E-state index is 12.3. The van der Waals surface area contributed by atoms with Gasteiger partial charge in [0, 0.05) is 5.56 Å². The molecule has 114 valence electrons. The summed E-state index contributed by atoms with van der Waals surface area (Å²) in [5.74, 6) is 0.652. The molecule has 0 fully saturated rings. The van der Waals surface area contributed by atoms with Gasteiger partial charge in [0.25, 0.3) is 9.84 Å². The van der Waals surface area contributed by atoms with Gasteiger partial charge in [-0.15, -0.1) is 0 Å². The van der Waals surface area contributed by atoms with Crippen LogP contribution in [0.15, 0.2) is 53.4 Å².